The van der Waals surface area contributed by atoms with Gasteiger partial charge in [-0.15, -0.1) is 0 Å². The molecule has 8 heteroatoms. The Morgan fingerprint density at radius 3 is 1.85 bits per heavy atom. The SMILES string of the molecule is CSC(=S)N(NC(=O)OC(C)(C)C)C(=O)OC(C)(C)C. The molecule has 0 rings (SSSR count). The van der Waals surface area contributed by atoms with Crippen molar-refractivity contribution in [1.29, 1.82) is 0 Å². The van der Waals surface area contributed by atoms with Crippen LogP contribution in [0, 0.1) is 0 Å². The maximum absolute atomic E-state index is 12.0. The summed E-state index contributed by atoms with van der Waals surface area (Å²) in [5.74, 6) is 0. The van der Waals surface area contributed by atoms with Crippen molar-refractivity contribution in [2.75, 3.05) is 6.26 Å². The average molecular weight is 322 g/mol. The summed E-state index contributed by atoms with van der Waals surface area (Å²) in [6, 6.07) is 0. The van der Waals surface area contributed by atoms with Gasteiger partial charge in [0.1, 0.15) is 11.2 Å². The topological polar surface area (TPSA) is 67.9 Å². The summed E-state index contributed by atoms with van der Waals surface area (Å²) in [6.07, 6.45) is 0.152. The van der Waals surface area contributed by atoms with E-state index in [1.54, 1.807) is 47.8 Å². The molecule has 1 N–H and O–H groups in total. The highest BCUT2D eigenvalue weighted by atomic mass is 32.2. The fraction of sp³-hybridized carbons (Fsp3) is 0.750. The van der Waals surface area contributed by atoms with Crippen LogP contribution < -0.4 is 5.43 Å². The van der Waals surface area contributed by atoms with E-state index in [2.05, 4.69) is 5.43 Å². The molecule has 0 saturated carbocycles. The molecule has 0 aliphatic carbocycles. The van der Waals surface area contributed by atoms with Gasteiger partial charge in [0, 0.05) is 0 Å². The molecule has 6 nitrogen and oxygen atoms in total. The molecule has 0 unspecified atom stereocenters. The van der Waals surface area contributed by atoms with Gasteiger partial charge in [0.15, 0.2) is 4.32 Å². The Morgan fingerprint density at radius 2 is 1.50 bits per heavy atom. The third-order valence-corrected chi connectivity index (χ3v) is 2.75. The molecule has 0 atom stereocenters. The van der Waals surface area contributed by atoms with E-state index in [1.807, 2.05) is 0 Å². The number of hydrogen-bond donors (Lipinski definition) is 1. The predicted octanol–water partition coefficient (Wildman–Crippen LogP) is 3.31. The normalized spacial score (nSPS) is 11.6. The fourth-order valence-corrected chi connectivity index (χ4v) is 1.38. The number of hydrogen-bond acceptors (Lipinski definition) is 6. The molecule has 0 aromatic carbocycles. The molecule has 0 aromatic heterocycles. The van der Waals surface area contributed by atoms with Gasteiger partial charge in [0.2, 0.25) is 0 Å². The molecule has 0 heterocycles. The van der Waals surface area contributed by atoms with E-state index in [9.17, 15) is 9.59 Å². The third-order valence-electron chi connectivity index (χ3n) is 1.54. The van der Waals surface area contributed by atoms with Crippen molar-refractivity contribution in [2.45, 2.75) is 52.7 Å². The zero-order valence-electron chi connectivity index (χ0n) is 12.9. The monoisotopic (exact) mass is 322 g/mol. The maximum Gasteiger partial charge on any atom is 0.435 e. The first-order chi connectivity index (χ1) is 8.85. The molecule has 0 bridgehead atoms. The third kappa shape index (κ3) is 8.21. The van der Waals surface area contributed by atoms with E-state index in [-0.39, 0.29) is 4.32 Å². The van der Waals surface area contributed by atoms with Gasteiger partial charge in [-0.3, -0.25) is 0 Å². The summed E-state index contributed by atoms with van der Waals surface area (Å²) in [5.41, 5.74) is 0.911. The second-order valence-corrected chi connectivity index (χ2v) is 7.34. The van der Waals surface area contributed by atoms with Crippen LogP contribution in [0.3, 0.4) is 0 Å². The minimum absolute atomic E-state index is 0.158. The van der Waals surface area contributed by atoms with Crippen molar-refractivity contribution in [1.82, 2.24) is 10.4 Å². The van der Waals surface area contributed by atoms with Gasteiger partial charge in [-0.1, -0.05) is 24.0 Å². The van der Waals surface area contributed by atoms with Crippen LogP contribution in [0.5, 0.6) is 0 Å². The predicted molar refractivity (Wildman–Crippen MR) is 83.6 cm³/mol. The van der Waals surface area contributed by atoms with Crippen LogP contribution in [0.1, 0.15) is 41.5 Å². The van der Waals surface area contributed by atoms with Gasteiger partial charge >= 0.3 is 12.2 Å². The fourth-order valence-electron chi connectivity index (χ4n) is 0.957. The minimum atomic E-state index is -0.778. The zero-order valence-corrected chi connectivity index (χ0v) is 14.5. The second-order valence-electron chi connectivity index (χ2n) is 5.90. The average Bonchev–Trinajstić information content (AvgIpc) is 2.19. The number of ether oxygens (including phenoxy) is 2. The number of rotatable bonds is 0. The smallest absolute Gasteiger partial charge is 0.435 e. The van der Waals surface area contributed by atoms with Gasteiger partial charge in [0.25, 0.3) is 0 Å². The number of carbonyl (C=O) groups is 2. The highest BCUT2D eigenvalue weighted by molar-refractivity contribution is 8.22. The number of amides is 2. The number of nitrogens with zero attached hydrogens (tertiary/aromatic N) is 1. The van der Waals surface area contributed by atoms with E-state index in [1.165, 1.54) is 0 Å². The minimum Gasteiger partial charge on any atom is -0.443 e. The Bertz CT molecular complexity index is 386. The number of nitrogens with one attached hydrogen (secondary N) is 1. The van der Waals surface area contributed by atoms with Crippen LogP contribution in [-0.2, 0) is 9.47 Å². The molecule has 2 amide bonds. The summed E-state index contributed by atoms with van der Waals surface area (Å²) in [7, 11) is 0. The molecule has 0 aromatic rings. The summed E-state index contributed by atoms with van der Waals surface area (Å²) >= 11 is 6.15. The van der Waals surface area contributed by atoms with Gasteiger partial charge in [0.05, 0.1) is 0 Å². The number of thiocarbonyl (C=S) groups is 1. The van der Waals surface area contributed by atoms with Gasteiger partial charge in [-0.2, -0.15) is 5.01 Å². The van der Waals surface area contributed by atoms with Crippen molar-refractivity contribution in [3.63, 3.8) is 0 Å². The van der Waals surface area contributed by atoms with Gasteiger partial charge in [-0.25, -0.2) is 15.0 Å². The quantitative estimate of drug-likeness (QED) is 0.545. The Balaban J connectivity index is 4.87. The van der Waals surface area contributed by atoms with Crippen molar-refractivity contribution >= 4 is 40.5 Å². The van der Waals surface area contributed by atoms with Crippen molar-refractivity contribution in [3.8, 4) is 0 Å². The van der Waals surface area contributed by atoms with Crippen LogP contribution in [0.25, 0.3) is 0 Å². The molecule has 0 spiro atoms. The van der Waals surface area contributed by atoms with Gasteiger partial charge in [-0.05, 0) is 47.8 Å². The molecular weight excluding hydrogens is 300 g/mol. The Labute approximate surface area is 129 Å². The Morgan fingerprint density at radius 1 is 1.05 bits per heavy atom. The number of hydrazine groups is 1. The van der Waals surface area contributed by atoms with E-state index in [4.69, 9.17) is 21.7 Å². The Kier molecular flexibility index (Phi) is 6.76. The van der Waals surface area contributed by atoms with Crippen LogP contribution in [0.2, 0.25) is 0 Å². The molecule has 116 valence electrons. The van der Waals surface area contributed by atoms with Crippen molar-refractivity contribution < 1.29 is 19.1 Å². The molecule has 0 saturated heterocycles. The van der Waals surface area contributed by atoms with Crippen LogP contribution in [0.4, 0.5) is 9.59 Å². The molecule has 0 radical (unpaired) electrons. The van der Waals surface area contributed by atoms with E-state index >= 15 is 0 Å². The first-order valence-electron chi connectivity index (χ1n) is 5.96. The lowest BCUT2D eigenvalue weighted by Crippen LogP contribution is -2.51. The van der Waals surface area contributed by atoms with E-state index in [0.29, 0.717) is 0 Å². The van der Waals surface area contributed by atoms with Gasteiger partial charge < -0.3 is 9.47 Å². The maximum atomic E-state index is 12.0. The van der Waals surface area contributed by atoms with Crippen LogP contribution >= 0.6 is 24.0 Å². The number of thioether (sulfide) groups is 1. The Hall–Kier alpha value is -1.02. The van der Waals surface area contributed by atoms with Crippen molar-refractivity contribution in [2.24, 2.45) is 0 Å². The van der Waals surface area contributed by atoms with Crippen LogP contribution in [0.15, 0.2) is 0 Å². The standard InChI is InChI=1S/C12H22N2O4S2/c1-11(2,3)17-8(15)13-14(10(19)20-7)9(16)18-12(4,5)6/h1-7H3,(H,13,15). The molecule has 20 heavy (non-hydrogen) atoms. The molecule has 0 aliphatic rings. The van der Waals surface area contributed by atoms with Crippen molar-refractivity contribution in [3.05, 3.63) is 0 Å². The largest absolute Gasteiger partial charge is 0.443 e. The molecular formula is C12H22N2O4S2. The van der Waals surface area contributed by atoms with E-state index < -0.39 is 23.4 Å². The van der Waals surface area contributed by atoms with E-state index in [0.717, 1.165) is 16.8 Å². The first-order valence-corrected chi connectivity index (χ1v) is 7.60. The lowest BCUT2D eigenvalue weighted by atomic mass is 10.2. The summed E-state index contributed by atoms with van der Waals surface area (Å²) in [4.78, 5) is 23.7. The molecule has 0 fully saturated rings. The second kappa shape index (κ2) is 7.12. The highest BCUT2D eigenvalue weighted by Gasteiger charge is 2.28. The summed E-state index contributed by atoms with van der Waals surface area (Å²) < 4.78 is 10.4. The lowest BCUT2D eigenvalue weighted by molar-refractivity contribution is 0.0174. The van der Waals surface area contributed by atoms with Crippen LogP contribution in [-0.4, -0.2) is 39.0 Å². The first kappa shape index (κ1) is 19.0. The number of carbonyl (C=O) groups excluding carboxylic acids is 2. The summed E-state index contributed by atoms with van der Waals surface area (Å²) in [5, 5.41) is 0.860. The zero-order chi connectivity index (χ0) is 16.1. The highest BCUT2D eigenvalue weighted by Crippen LogP contribution is 2.13. The molecule has 0 aliphatic heterocycles. The lowest BCUT2D eigenvalue weighted by Gasteiger charge is -2.28. The summed E-state index contributed by atoms with van der Waals surface area (Å²) in [6.45, 7) is 10.3.